The summed E-state index contributed by atoms with van der Waals surface area (Å²) in [5.41, 5.74) is 0.493. The molecule has 0 amide bonds. The Balaban J connectivity index is 1.44. The lowest BCUT2D eigenvalue weighted by Crippen LogP contribution is -2.22. The van der Waals surface area contributed by atoms with Crippen LogP contribution in [0.5, 0.6) is 0 Å². The van der Waals surface area contributed by atoms with E-state index >= 15 is 0 Å². The number of sulfonamides is 1. The van der Waals surface area contributed by atoms with E-state index in [1.54, 1.807) is 36.4 Å². The number of esters is 1. The average molecular weight is 408 g/mol. The van der Waals surface area contributed by atoms with Crippen molar-refractivity contribution in [2.75, 3.05) is 18.9 Å². The van der Waals surface area contributed by atoms with Crippen molar-refractivity contribution < 1.29 is 22.3 Å². The molecular weight excluding hydrogens is 391 g/mol. The minimum absolute atomic E-state index is 0.0256. The largest absolute Gasteiger partial charge is 0.465 e. The molecule has 0 unspecified atom stereocenters. The van der Waals surface area contributed by atoms with Gasteiger partial charge in [0, 0.05) is 16.2 Å². The molecule has 1 heterocycles. The van der Waals surface area contributed by atoms with E-state index < -0.39 is 16.0 Å². The lowest BCUT2D eigenvalue weighted by molar-refractivity contribution is -0.142. The molecule has 0 atom stereocenters. The molecule has 0 bridgehead atoms. The molecule has 1 aliphatic rings. The second-order valence-corrected chi connectivity index (χ2v) is 8.37. The van der Waals surface area contributed by atoms with Gasteiger partial charge in [-0.15, -0.1) is 11.8 Å². The summed E-state index contributed by atoms with van der Waals surface area (Å²) in [7, 11) is -3.58. The van der Waals surface area contributed by atoms with Gasteiger partial charge in [0.25, 0.3) is 10.0 Å². The Labute approximate surface area is 160 Å². The number of hydrogen-bond acceptors (Lipinski definition) is 6. The number of halogens is 1. The molecule has 0 spiro atoms. The van der Waals surface area contributed by atoms with Crippen LogP contribution in [0.25, 0.3) is 0 Å². The Bertz CT molecular complexity index is 977. The van der Waals surface area contributed by atoms with Gasteiger partial charge in [-0.25, -0.2) is 12.8 Å². The first-order valence-corrected chi connectivity index (χ1v) is 10.6. The predicted octanol–water partition coefficient (Wildman–Crippen LogP) is 2.59. The molecule has 1 aliphatic heterocycles. The van der Waals surface area contributed by atoms with Crippen LogP contribution in [0.3, 0.4) is 0 Å². The highest BCUT2D eigenvalue weighted by Gasteiger charge is 2.29. The van der Waals surface area contributed by atoms with Crippen LogP contribution in [0, 0.1) is 5.82 Å². The van der Waals surface area contributed by atoms with Crippen LogP contribution in [-0.4, -0.2) is 39.1 Å². The van der Waals surface area contributed by atoms with E-state index in [-0.39, 0.29) is 36.1 Å². The topological polar surface area (TPSA) is 84.8 Å². The zero-order valence-corrected chi connectivity index (χ0v) is 15.9. The van der Waals surface area contributed by atoms with Crippen molar-refractivity contribution in [3.8, 4) is 0 Å². The number of rotatable bonds is 7. The van der Waals surface area contributed by atoms with Gasteiger partial charge in [0.05, 0.1) is 17.9 Å². The number of benzene rings is 2. The fourth-order valence-electron chi connectivity index (χ4n) is 2.45. The summed E-state index contributed by atoms with van der Waals surface area (Å²) in [6.45, 7) is 0.259. The van der Waals surface area contributed by atoms with Crippen LogP contribution in [0.2, 0.25) is 0 Å². The highest BCUT2D eigenvalue weighted by atomic mass is 32.2. The summed E-state index contributed by atoms with van der Waals surface area (Å²) in [5, 5.41) is 0. The van der Waals surface area contributed by atoms with Crippen LogP contribution in [0.4, 0.5) is 4.39 Å². The molecule has 1 N–H and O–H groups in total. The average Bonchev–Trinajstić information content (AvgIpc) is 2.91. The van der Waals surface area contributed by atoms with E-state index in [9.17, 15) is 17.6 Å². The van der Waals surface area contributed by atoms with E-state index in [4.69, 9.17) is 4.74 Å². The summed E-state index contributed by atoms with van der Waals surface area (Å²) < 4.78 is 44.8. The molecule has 2 aromatic carbocycles. The number of aliphatic imine (C=N–C) groups is 1. The standard InChI is InChI=1S/C18H17FN2O4S2/c19-14-6-2-3-7-15(14)26-12-11-25-17(22)9-10-20-18-13-5-1-4-8-16(13)27(23,24)21-18/h1-8H,9-12H2,(H,20,21). The zero-order chi connectivity index (χ0) is 19.3. The lowest BCUT2D eigenvalue weighted by Gasteiger charge is -2.05. The molecule has 2 aromatic rings. The van der Waals surface area contributed by atoms with E-state index in [1.807, 2.05) is 0 Å². The van der Waals surface area contributed by atoms with Gasteiger partial charge in [-0.1, -0.05) is 24.3 Å². The SMILES string of the molecule is O=C(CCN=C1NS(=O)(=O)c2ccccc21)OCCSc1ccccc1F. The Kier molecular flexibility index (Phi) is 6.12. The molecule has 0 aliphatic carbocycles. The molecule has 0 aromatic heterocycles. The number of carbonyl (C=O) groups excluding carboxylic acids is 1. The molecule has 0 radical (unpaired) electrons. The van der Waals surface area contributed by atoms with Crippen LogP contribution < -0.4 is 4.72 Å². The van der Waals surface area contributed by atoms with E-state index in [2.05, 4.69) is 9.71 Å². The van der Waals surface area contributed by atoms with Crippen LogP contribution in [0.1, 0.15) is 12.0 Å². The number of hydrogen-bond donors (Lipinski definition) is 1. The van der Waals surface area contributed by atoms with Crippen molar-refractivity contribution in [3.05, 3.63) is 59.9 Å². The summed E-state index contributed by atoms with van der Waals surface area (Å²) in [6.07, 6.45) is 0.0256. The smallest absolute Gasteiger partial charge is 0.307 e. The van der Waals surface area contributed by atoms with Crippen LogP contribution >= 0.6 is 11.8 Å². The number of nitrogens with one attached hydrogen (secondary N) is 1. The second kappa shape index (κ2) is 8.53. The van der Waals surface area contributed by atoms with Crippen LogP contribution in [-0.2, 0) is 19.6 Å². The third-order valence-corrected chi connectivity index (χ3v) is 6.10. The van der Waals surface area contributed by atoms with Crippen molar-refractivity contribution in [1.82, 2.24) is 4.72 Å². The Hall–Kier alpha value is -2.39. The van der Waals surface area contributed by atoms with E-state index in [0.29, 0.717) is 16.2 Å². The second-order valence-electron chi connectivity index (χ2n) is 5.58. The first-order chi connectivity index (χ1) is 13.0. The number of amidine groups is 1. The normalized spacial score (nSPS) is 16.0. The minimum atomic E-state index is -3.58. The predicted molar refractivity (Wildman–Crippen MR) is 101 cm³/mol. The number of carbonyl (C=O) groups is 1. The van der Waals surface area contributed by atoms with Crippen molar-refractivity contribution >= 4 is 33.6 Å². The van der Waals surface area contributed by atoms with Crippen molar-refractivity contribution in [3.63, 3.8) is 0 Å². The van der Waals surface area contributed by atoms with Gasteiger partial charge >= 0.3 is 5.97 Å². The quantitative estimate of drug-likeness (QED) is 0.432. The number of ether oxygens (including phenoxy) is 1. The Morgan fingerprint density at radius 2 is 1.89 bits per heavy atom. The fraction of sp³-hybridized carbons (Fsp3) is 0.222. The summed E-state index contributed by atoms with van der Waals surface area (Å²) in [5.74, 6) is -0.0750. The molecule has 0 fully saturated rings. The van der Waals surface area contributed by atoms with Crippen LogP contribution in [0.15, 0.2) is 63.3 Å². The molecule has 6 nitrogen and oxygen atoms in total. The maximum atomic E-state index is 13.5. The summed E-state index contributed by atoms with van der Waals surface area (Å²) in [4.78, 5) is 16.6. The van der Waals surface area contributed by atoms with Gasteiger partial charge in [-0.3, -0.25) is 14.5 Å². The van der Waals surface area contributed by atoms with Gasteiger partial charge in [0.2, 0.25) is 0 Å². The fourth-order valence-corrected chi connectivity index (χ4v) is 4.47. The van der Waals surface area contributed by atoms with E-state index in [1.165, 1.54) is 23.9 Å². The molecule has 9 heteroatoms. The van der Waals surface area contributed by atoms with Gasteiger partial charge < -0.3 is 4.74 Å². The number of nitrogens with zero attached hydrogens (tertiary/aromatic N) is 1. The summed E-state index contributed by atoms with van der Waals surface area (Å²) >= 11 is 1.27. The Morgan fingerprint density at radius 1 is 1.15 bits per heavy atom. The highest BCUT2D eigenvalue weighted by molar-refractivity contribution is 7.99. The molecule has 3 rings (SSSR count). The molecule has 0 saturated heterocycles. The first-order valence-electron chi connectivity index (χ1n) is 8.17. The van der Waals surface area contributed by atoms with E-state index in [0.717, 1.165) is 0 Å². The summed E-state index contributed by atoms with van der Waals surface area (Å²) in [6, 6.07) is 12.9. The maximum absolute atomic E-state index is 13.5. The van der Waals surface area contributed by atoms with Gasteiger partial charge in [0.1, 0.15) is 18.3 Å². The Morgan fingerprint density at radius 3 is 2.70 bits per heavy atom. The highest BCUT2D eigenvalue weighted by Crippen LogP contribution is 2.22. The minimum Gasteiger partial charge on any atom is -0.465 e. The van der Waals surface area contributed by atoms with Gasteiger partial charge in [0.15, 0.2) is 0 Å². The monoisotopic (exact) mass is 408 g/mol. The molecular formula is C18H17FN2O4S2. The van der Waals surface area contributed by atoms with Gasteiger partial charge in [-0.2, -0.15) is 0 Å². The lowest BCUT2D eigenvalue weighted by atomic mass is 10.2. The number of fused-ring (bicyclic) bond motifs is 1. The third-order valence-electron chi connectivity index (χ3n) is 3.69. The van der Waals surface area contributed by atoms with Crippen molar-refractivity contribution in [2.24, 2.45) is 4.99 Å². The van der Waals surface area contributed by atoms with Crippen molar-refractivity contribution in [2.45, 2.75) is 16.2 Å². The van der Waals surface area contributed by atoms with Gasteiger partial charge in [-0.05, 0) is 24.3 Å². The molecule has 27 heavy (non-hydrogen) atoms. The third kappa shape index (κ3) is 4.86. The molecule has 142 valence electrons. The maximum Gasteiger partial charge on any atom is 0.307 e. The zero-order valence-electron chi connectivity index (χ0n) is 14.2. The number of thioether (sulfide) groups is 1. The first kappa shape index (κ1) is 19.4. The van der Waals surface area contributed by atoms with Crippen molar-refractivity contribution in [1.29, 1.82) is 0 Å². The molecule has 0 saturated carbocycles.